The number of rotatable bonds is 6. The van der Waals surface area contributed by atoms with Gasteiger partial charge >= 0.3 is 0 Å². The highest BCUT2D eigenvalue weighted by Gasteiger charge is 2.72. The number of piperazine rings is 1. The van der Waals surface area contributed by atoms with Gasteiger partial charge in [0, 0.05) is 38.1 Å². The molecule has 0 bridgehead atoms. The normalized spacial score (nSPS) is 47.9. The maximum Gasteiger partial charge on any atom is 0.226 e. The lowest BCUT2D eigenvalue weighted by atomic mass is 9.32. The molecule has 7 aliphatic rings. The zero-order chi connectivity index (χ0) is 36.2. The van der Waals surface area contributed by atoms with Crippen molar-refractivity contribution in [3.63, 3.8) is 0 Å². The molecule has 1 saturated heterocycles. The molecule has 12 atom stereocenters. The first-order valence-electron chi connectivity index (χ1n) is 21.0. The fourth-order valence-corrected chi connectivity index (χ4v) is 15.2. The van der Waals surface area contributed by atoms with Crippen LogP contribution in [0.5, 0.6) is 0 Å². The summed E-state index contributed by atoms with van der Waals surface area (Å²) in [6.07, 6.45) is 12.9. The van der Waals surface area contributed by atoms with E-state index in [9.17, 15) is 14.7 Å². The SMILES string of the molecule is C=C(C)CC1CC[C@]2(C(=O)N[C@H]3C[C@@H](C(=O)N4CCN(CC)CC4)C3(C)C)CC[C@]3(C)[C@H](CC[C@@H]4[C@@]5(C)CC[C@H](O)C(C)(C)[C@@H]5CC[C@]43C)C12. The number of carbonyl (C=O) groups excluding carboxylic acids is 2. The summed E-state index contributed by atoms with van der Waals surface area (Å²) in [5.41, 5.74) is 1.38. The second-order valence-electron chi connectivity index (χ2n) is 21.1. The largest absolute Gasteiger partial charge is 0.393 e. The minimum Gasteiger partial charge on any atom is -0.393 e. The lowest BCUT2D eigenvalue weighted by Crippen LogP contribution is -2.68. The molecule has 7 rings (SSSR count). The third-order valence-electron chi connectivity index (χ3n) is 18.6. The maximum absolute atomic E-state index is 15.0. The Labute approximate surface area is 305 Å². The van der Waals surface area contributed by atoms with Crippen molar-refractivity contribution in [1.29, 1.82) is 0 Å². The average molecular weight is 692 g/mol. The van der Waals surface area contributed by atoms with Crippen molar-refractivity contribution in [3.8, 4) is 0 Å². The summed E-state index contributed by atoms with van der Waals surface area (Å²) in [5, 5.41) is 14.8. The molecule has 7 fully saturated rings. The van der Waals surface area contributed by atoms with Gasteiger partial charge in [-0.05, 0) is 147 Å². The predicted molar refractivity (Wildman–Crippen MR) is 202 cm³/mol. The Morgan fingerprint density at radius 3 is 2.14 bits per heavy atom. The Bertz CT molecular complexity index is 1370. The average Bonchev–Trinajstić information content (AvgIpc) is 3.43. The van der Waals surface area contributed by atoms with Crippen molar-refractivity contribution in [2.45, 2.75) is 152 Å². The number of aliphatic hydroxyl groups excluding tert-OH is 1. The van der Waals surface area contributed by atoms with Crippen molar-refractivity contribution < 1.29 is 14.7 Å². The van der Waals surface area contributed by atoms with Crippen LogP contribution in [0.2, 0.25) is 0 Å². The van der Waals surface area contributed by atoms with Crippen molar-refractivity contribution >= 4 is 11.8 Å². The molecule has 2 N–H and O–H groups in total. The van der Waals surface area contributed by atoms with Gasteiger partial charge in [-0.2, -0.15) is 0 Å². The molecule has 1 aliphatic heterocycles. The van der Waals surface area contributed by atoms with Gasteiger partial charge in [0.05, 0.1) is 11.5 Å². The number of hydrogen-bond acceptors (Lipinski definition) is 4. The molecule has 6 saturated carbocycles. The van der Waals surface area contributed by atoms with Crippen molar-refractivity contribution in [2.24, 2.45) is 68.0 Å². The van der Waals surface area contributed by atoms with Crippen LogP contribution in [-0.4, -0.2) is 71.6 Å². The molecule has 0 radical (unpaired) electrons. The quantitative estimate of drug-likeness (QED) is 0.276. The van der Waals surface area contributed by atoms with E-state index in [2.05, 4.69) is 84.0 Å². The lowest BCUT2D eigenvalue weighted by molar-refractivity contribution is -0.247. The zero-order valence-electron chi connectivity index (χ0n) is 33.5. The fraction of sp³-hybridized carbons (Fsp3) is 0.909. The molecule has 2 unspecified atom stereocenters. The van der Waals surface area contributed by atoms with Crippen LogP contribution in [0, 0.1) is 68.0 Å². The Morgan fingerprint density at radius 2 is 1.50 bits per heavy atom. The van der Waals surface area contributed by atoms with Crippen LogP contribution in [0.25, 0.3) is 0 Å². The van der Waals surface area contributed by atoms with E-state index in [0.717, 1.165) is 84.1 Å². The van der Waals surface area contributed by atoms with Gasteiger partial charge in [-0.3, -0.25) is 9.59 Å². The molecule has 0 aromatic carbocycles. The molecular weight excluding hydrogens is 619 g/mol. The third kappa shape index (κ3) is 5.12. The van der Waals surface area contributed by atoms with E-state index >= 15 is 0 Å². The van der Waals surface area contributed by atoms with Crippen LogP contribution in [0.15, 0.2) is 12.2 Å². The first kappa shape index (κ1) is 36.9. The molecule has 1 heterocycles. The molecule has 6 aliphatic carbocycles. The van der Waals surface area contributed by atoms with Crippen molar-refractivity contribution in [1.82, 2.24) is 15.1 Å². The van der Waals surface area contributed by atoms with Crippen molar-refractivity contribution in [2.75, 3.05) is 32.7 Å². The van der Waals surface area contributed by atoms with Gasteiger partial charge < -0.3 is 20.2 Å². The van der Waals surface area contributed by atoms with E-state index in [1.807, 2.05) is 0 Å². The second-order valence-corrected chi connectivity index (χ2v) is 21.1. The smallest absolute Gasteiger partial charge is 0.226 e. The highest BCUT2D eigenvalue weighted by Crippen LogP contribution is 2.77. The molecule has 0 spiro atoms. The number of amides is 2. The first-order chi connectivity index (χ1) is 23.4. The Morgan fingerprint density at radius 1 is 0.800 bits per heavy atom. The number of nitrogens with zero attached hydrogens (tertiary/aromatic N) is 2. The third-order valence-corrected chi connectivity index (χ3v) is 18.6. The van der Waals surface area contributed by atoms with Crippen LogP contribution in [0.4, 0.5) is 0 Å². The monoisotopic (exact) mass is 692 g/mol. The summed E-state index contributed by atoms with van der Waals surface area (Å²) >= 11 is 0. The molecule has 282 valence electrons. The number of fused-ring (bicyclic) bond motifs is 7. The van der Waals surface area contributed by atoms with Crippen LogP contribution in [-0.2, 0) is 9.59 Å². The zero-order valence-corrected chi connectivity index (χ0v) is 33.5. The molecule has 0 aromatic heterocycles. The lowest BCUT2D eigenvalue weighted by Gasteiger charge is -2.72. The minimum atomic E-state index is -0.312. The fourth-order valence-electron chi connectivity index (χ4n) is 15.2. The number of nitrogens with one attached hydrogen (secondary N) is 1. The topological polar surface area (TPSA) is 72.9 Å². The van der Waals surface area contributed by atoms with E-state index in [-0.39, 0.29) is 50.6 Å². The van der Waals surface area contributed by atoms with Gasteiger partial charge in [0.1, 0.15) is 0 Å². The number of likely N-dealkylation sites (N-methyl/N-ethyl adjacent to an activating group) is 1. The standard InChI is InChI=1S/C44H73N3O3/c1-11-46-22-24-47(25-23-46)37(49)31-27-34(39(31,4)5)45-38(50)44-19-14-29(26-28(2)3)36(44)30-12-13-33-41(8)17-16-35(48)40(6,7)32(41)15-18-43(33,10)42(30,9)20-21-44/h29-36,48H,2,11-27H2,1,3-10H3,(H,45,50)/t29?,30-,31+,32+,33-,34+,35+,36?,41+,42-,43-,44+/m1/s1. The predicted octanol–water partition coefficient (Wildman–Crippen LogP) is 8.09. The summed E-state index contributed by atoms with van der Waals surface area (Å²) in [5.74, 6) is 3.28. The van der Waals surface area contributed by atoms with Crippen LogP contribution < -0.4 is 5.32 Å². The summed E-state index contributed by atoms with van der Waals surface area (Å²) in [4.78, 5) is 33.2. The number of allylic oxidation sites excluding steroid dienone is 1. The first-order valence-corrected chi connectivity index (χ1v) is 21.0. The summed E-state index contributed by atoms with van der Waals surface area (Å²) in [6, 6.07) is 0.0536. The van der Waals surface area contributed by atoms with Crippen LogP contribution >= 0.6 is 0 Å². The van der Waals surface area contributed by atoms with Gasteiger partial charge in [0.25, 0.3) is 0 Å². The molecule has 0 aromatic rings. The number of hydrogen-bond donors (Lipinski definition) is 2. The Balaban J connectivity index is 1.13. The van der Waals surface area contributed by atoms with Gasteiger partial charge in [-0.1, -0.05) is 61.0 Å². The van der Waals surface area contributed by atoms with Crippen LogP contribution in [0.1, 0.15) is 139 Å². The van der Waals surface area contributed by atoms with E-state index < -0.39 is 0 Å². The van der Waals surface area contributed by atoms with E-state index in [4.69, 9.17) is 0 Å². The highest BCUT2D eigenvalue weighted by atomic mass is 16.3. The molecule has 50 heavy (non-hydrogen) atoms. The van der Waals surface area contributed by atoms with Gasteiger partial charge in [-0.15, -0.1) is 6.58 Å². The summed E-state index contributed by atoms with van der Waals surface area (Å²) in [7, 11) is 0. The summed E-state index contributed by atoms with van der Waals surface area (Å²) in [6.45, 7) is 30.5. The van der Waals surface area contributed by atoms with E-state index in [1.165, 1.54) is 31.3 Å². The summed E-state index contributed by atoms with van der Waals surface area (Å²) < 4.78 is 0. The maximum atomic E-state index is 15.0. The van der Waals surface area contributed by atoms with Gasteiger partial charge in [0.15, 0.2) is 0 Å². The second kappa shape index (κ2) is 12.3. The Kier molecular flexibility index (Phi) is 9.10. The van der Waals surface area contributed by atoms with E-state index in [0.29, 0.717) is 41.4 Å². The number of carbonyl (C=O) groups is 2. The Hall–Kier alpha value is -1.40. The molecular formula is C44H73N3O3. The molecule has 2 amide bonds. The molecule has 6 nitrogen and oxygen atoms in total. The number of aliphatic hydroxyl groups is 1. The van der Waals surface area contributed by atoms with Crippen molar-refractivity contribution in [3.05, 3.63) is 12.2 Å². The van der Waals surface area contributed by atoms with Gasteiger partial charge in [0.2, 0.25) is 11.8 Å². The van der Waals surface area contributed by atoms with Gasteiger partial charge in [-0.25, -0.2) is 0 Å². The minimum absolute atomic E-state index is 0.0127. The van der Waals surface area contributed by atoms with Crippen LogP contribution in [0.3, 0.4) is 0 Å². The highest BCUT2D eigenvalue weighted by molar-refractivity contribution is 5.86. The van der Waals surface area contributed by atoms with E-state index in [1.54, 1.807) is 0 Å². The molecule has 6 heteroatoms.